The first-order valence-corrected chi connectivity index (χ1v) is 6.05. The molecule has 0 aliphatic heterocycles. The highest BCUT2D eigenvalue weighted by molar-refractivity contribution is 5.35. The van der Waals surface area contributed by atoms with E-state index in [-0.39, 0.29) is 24.8 Å². The van der Waals surface area contributed by atoms with Crippen molar-refractivity contribution in [3.63, 3.8) is 0 Å². The summed E-state index contributed by atoms with van der Waals surface area (Å²) in [7, 11) is 0. The van der Waals surface area contributed by atoms with E-state index in [1.807, 2.05) is 0 Å². The second kappa shape index (κ2) is 6.00. The molecule has 1 atom stereocenters. The third-order valence-electron chi connectivity index (χ3n) is 2.86. The molecule has 2 rings (SSSR count). The SMILES string of the molecule is NCC(COc1ccccc1C(F)(F)F)c1ccco1. The summed E-state index contributed by atoms with van der Waals surface area (Å²) in [5.41, 5.74) is 4.79. The number of ether oxygens (including phenoxy) is 1. The summed E-state index contributed by atoms with van der Waals surface area (Å²) in [6.45, 7) is 0.249. The minimum absolute atomic E-state index is 0.0249. The first-order chi connectivity index (χ1) is 9.52. The average molecular weight is 285 g/mol. The molecule has 6 heteroatoms. The highest BCUT2D eigenvalue weighted by Crippen LogP contribution is 2.36. The van der Waals surface area contributed by atoms with Gasteiger partial charge in [-0.1, -0.05) is 12.1 Å². The van der Waals surface area contributed by atoms with Crippen molar-refractivity contribution < 1.29 is 22.3 Å². The predicted octanol–water partition coefficient (Wildman–Crippen LogP) is 3.42. The molecule has 0 fully saturated rings. The Morgan fingerprint density at radius 3 is 2.50 bits per heavy atom. The third-order valence-corrected chi connectivity index (χ3v) is 2.86. The van der Waals surface area contributed by atoms with Gasteiger partial charge in [0.1, 0.15) is 11.5 Å². The van der Waals surface area contributed by atoms with E-state index in [1.165, 1.54) is 24.5 Å². The zero-order valence-electron chi connectivity index (χ0n) is 10.6. The van der Waals surface area contributed by atoms with Crippen molar-refractivity contribution in [3.05, 3.63) is 54.0 Å². The van der Waals surface area contributed by atoms with Crippen LogP contribution >= 0.6 is 0 Å². The Morgan fingerprint density at radius 1 is 1.15 bits per heavy atom. The molecule has 3 nitrogen and oxygen atoms in total. The van der Waals surface area contributed by atoms with Crippen LogP contribution in [0.15, 0.2) is 47.1 Å². The van der Waals surface area contributed by atoms with Crippen LogP contribution in [0.1, 0.15) is 17.2 Å². The molecule has 0 amide bonds. The fourth-order valence-electron chi connectivity index (χ4n) is 1.81. The quantitative estimate of drug-likeness (QED) is 0.915. The maximum Gasteiger partial charge on any atom is 0.419 e. The summed E-state index contributed by atoms with van der Waals surface area (Å²) in [5, 5.41) is 0. The van der Waals surface area contributed by atoms with E-state index in [9.17, 15) is 13.2 Å². The van der Waals surface area contributed by atoms with Crippen molar-refractivity contribution in [1.29, 1.82) is 0 Å². The van der Waals surface area contributed by atoms with E-state index < -0.39 is 11.7 Å². The van der Waals surface area contributed by atoms with Gasteiger partial charge < -0.3 is 14.9 Å². The first-order valence-electron chi connectivity index (χ1n) is 6.05. The molecule has 0 radical (unpaired) electrons. The number of hydrogen-bond donors (Lipinski definition) is 1. The highest BCUT2D eigenvalue weighted by atomic mass is 19.4. The van der Waals surface area contributed by atoms with Crippen molar-refractivity contribution in [2.45, 2.75) is 12.1 Å². The van der Waals surface area contributed by atoms with Crippen LogP contribution < -0.4 is 10.5 Å². The number of benzene rings is 1. The smallest absolute Gasteiger partial charge is 0.419 e. The van der Waals surface area contributed by atoms with Gasteiger partial charge >= 0.3 is 6.18 Å². The van der Waals surface area contributed by atoms with Crippen LogP contribution in [-0.2, 0) is 6.18 Å². The molecule has 0 saturated heterocycles. The van der Waals surface area contributed by atoms with E-state index in [4.69, 9.17) is 14.9 Å². The molecule has 20 heavy (non-hydrogen) atoms. The second-order valence-corrected chi connectivity index (χ2v) is 4.25. The van der Waals surface area contributed by atoms with Gasteiger partial charge in [0, 0.05) is 6.54 Å². The Morgan fingerprint density at radius 2 is 1.90 bits per heavy atom. The summed E-state index contributed by atoms with van der Waals surface area (Å²) in [6, 6.07) is 8.51. The molecule has 1 aromatic heterocycles. The van der Waals surface area contributed by atoms with Gasteiger partial charge in [0.25, 0.3) is 0 Å². The zero-order chi connectivity index (χ0) is 14.6. The maximum atomic E-state index is 12.8. The molecule has 2 aromatic rings. The lowest BCUT2D eigenvalue weighted by Gasteiger charge is -2.17. The van der Waals surface area contributed by atoms with Crippen LogP contribution in [0.25, 0.3) is 0 Å². The lowest BCUT2D eigenvalue weighted by atomic mass is 10.1. The van der Waals surface area contributed by atoms with Crippen molar-refractivity contribution in [2.75, 3.05) is 13.2 Å². The standard InChI is InChI=1S/C14H14F3NO2/c15-14(16,17)11-4-1-2-5-13(11)20-9-10(8-18)12-6-3-7-19-12/h1-7,10H,8-9,18H2. The summed E-state index contributed by atoms with van der Waals surface area (Å²) < 4.78 is 48.9. The Hall–Kier alpha value is -1.95. The van der Waals surface area contributed by atoms with E-state index >= 15 is 0 Å². The molecule has 1 unspecified atom stereocenters. The summed E-state index contributed by atoms with van der Waals surface area (Å²) in [6.07, 6.45) is -2.96. The van der Waals surface area contributed by atoms with Crippen molar-refractivity contribution in [2.24, 2.45) is 5.73 Å². The van der Waals surface area contributed by atoms with Crippen LogP contribution in [0.5, 0.6) is 5.75 Å². The average Bonchev–Trinajstić information content (AvgIpc) is 2.93. The monoisotopic (exact) mass is 285 g/mol. The molecular weight excluding hydrogens is 271 g/mol. The van der Waals surface area contributed by atoms with Crippen molar-refractivity contribution >= 4 is 0 Å². The number of halogens is 3. The van der Waals surface area contributed by atoms with Gasteiger partial charge in [0.15, 0.2) is 0 Å². The Bertz CT molecular complexity index is 538. The number of furan rings is 1. The molecule has 1 heterocycles. The molecular formula is C14H14F3NO2. The van der Waals surface area contributed by atoms with E-state index in [0.29, 0.717) is 5.76 Å². The normalized spacial score (nSPS) is 13.2. The van der Waals surface area contributed by atoms with Crippen LogP contribution in [0.3, 0.4) is 0 Å². The summed E-state index contributed by atoms with van der Waals surface area (Å²) in [4.78, 5) is 0. The predicted molar refractivity (Wildman–Crippen MR) is 67.4 cm³/mol. The van der Waals surface area contributed by atoms with Gasteiger partial charge in [-0.2, -0.15) is 13.2 Å². The molecule has 1 aromatic carbocycles. The first kappa shape index (κ1) is 14.5. The van der Waals surface area contributed by atoms with Crippen LogP contribution in [0, 0.1) is 0 Å². The molecule has 108 valence electrons. The lowest BCUT2D eigenvalue weighted by Crippen LogP contribution is -2.20. The number of nitrogens with two attached hydrogens (primary N) is 1. The number of rotatable bonds is 5. The molecule has 2 N–H and O–H groups in total. The minimum atomic E-state index is -4.44. The lowest BCUT2D eigenvalue weighted by molar-refractivity contribution is -0.139. The van der Waals surface area contributed by atoms with Crippen LogP contribution in [-0.4, -0.2) is 13.2 Å². The topological polar surface area (TPSA) is 48.4 Å². The van der Waals surface area contributed by atoms with E-state index in [1.54, 1.807) is 12.1 Å². The second-order valence-electron chi connectivity index (χ2n) is 4.25. The van der Waals surface area contributed by atoms with Crippen molar-refractivity contribution in [1.82, 2.24) is 0 Å². The molecule has 0 bridgehead atoms. The Balaban J connectivity index is 2.11. The van der Waals surface area contributed by atoms with Gasteiger partial charge in [-0.25, -0.2) is 0 Å². The summed E-state index contributed by atoms with van der Waals surface area (Å²) in [5.74, 6) is 0.105. The van der Waals surface area contributed by atoms with Crippen molar-refractivity contribution in [3.8, 4) is 5.75 Å². The maximum absolute atomic E-state index is 12.8. The van der Waals surface area contributed by atoms with Gasteiger partial charge in [-0.3, -0.25) is 0 Å². The van der Waals surface area contributed by atoms with Gasteiger partial charge in [-0.05, 0) is 24.3 Å². The zero-order valence-corrected chi connectivity index (χ0v) is 10.6. The summed E-state index contributed by atoms with van der Waals surface area (Å²) >= 11 is 0. The van der Waals surface area contributed by atoms with Gasteiger partial charge in [0.2, 0.25) is 0 Å². The fraction of sp³-hybridized carbons (Fsp3) is 0.286. The number of para-hydroxylation sites is 1. The van der Waals surface area contributed by atoms with Crippen LogP contribution in [0.4, 0.5) is 13.2 Å². The van der Waals surface area contributed by atoms with Gasteiger partial charge in [-0.15, -0.1) is 0 Å². The fourth-order valence-corrected chi connectivity index (χ4v) is 1.81. The van der Waals surface area contributed by atoms with Gasteiger partial charge in [0.05, 0.1) is 24.4 Å². The van der Waals surface area contributed by atoms with E-state index in [2.05, 4.69) is 0 Å². The number of hydrogen-bond acceptors (Lipinski definition) is 3. The molecule has 0 saturated carbocycles. The van der Waals surface area contributed by atoms with E-state index in [0.717, 1.165) is 6.07 Å². The minimum Gasteiger partial charge on any atom is -0.492 e. The Kier molecular flexibility index (Phi) is 4.34. The number of alkyl halides is 3. The Labute approximate surface area is 114 Å². The molecule has 0 spiro atoms. The largest absolute Gasteiger partial charge is 0.492 e. The molecule has 0 aliphatic carbocycles. The van der Waals surface area contributed by atoms with Crippen LogP contribution in [0.2, 0.25) is 0 Å². The molecule has 0 aliphatic rings. The third kappa shape index (κ3) is 3.33. The highest BCUT2D eigenvalue weighted by Gasteiger charge is 2.34.